The molecule has 2 saturated heterocycles. The first-order chi connectivity index (χ1) is 36.5. The van der Waals surface area contributed by atoms with Gasteiger partial charge >= 0.3 is 24.4 Å². The van der Waals surface area contributed by atoms with Gasteiger partial charge in [-0.15, -0.1) is 0 Å². The van der Waals surface area contributed by atoms with E-state index in [0.717, 1.165) is 17.7 Å². The Hall–Kier alpha value is -4.85. The van der Waals surface area contributed by atoms with Gasteiger partial charge in [0.05, 0.1) is 44.0 Å². The molecule has 0 aromatic heterocycles. The lowest BCUT2D eigenvalue weighted by molar-refractivity contribution is -0.306. The molecule has 5 amide bonds. The van der Waals surface area contributed by atoms with Crippen LogP contribution in [0.15, 0.2) is 24.3 Å². The van der Waals surface area contributed by atoms with Crippen molar-refractivity contribution in [2.75, 3.05) is 53.0 Å². The second-order valence-electron chi connectivity index (χ2n) is 27.9. The average Bonchev–Trinajstić information content (AvgIpc) is 4.04. The highest BCUT2D eigenvalue weighted by Crippen LogP contribution is 2.45. The van der Waals surface area contributed by atoms with Crippen LogP contribution in [0.4, 0.5) is 19.2 Å². The van der Waals surface area contributed by atoms with Crippen LogP contribution in [0.2, 0.25) is 0 Å². The molecular formula is C56H97N7O17. The fraction of sp³-hybridized carbons (Fsp3) is 0.839. The van der Waals surface area contributed by atoms with Gasteiger partial charge in [-0.05, 0) is 134 Å². The van der Waals surface area contributed by atoms with Gasteiger partial charge in [0.2, 0.25) is 5.91 Å². The van der Waals surface area contributed by atoms with Crippen LogP contribution >= 0.6 is 0 Å². The Kier molecular flexibility index (Phi) is 20.9. The van der Waals surface area contributed by atoms with Crippen LogP contribution in [-0.2, 0) is 42.7 Å². The maximum Gasteiger partial charge on any atom is 0.410 e. The molecule has 0 radical (unpaired) electrons. The summed E-state index contributed by atoms with van der Waals surface area (Å²) in [6, 6.07) is -4.73. The summed E-state index contributed by atoms with van der Waals surface area (Å²) in [6.45, 7) is 33.2. The normalized spacial score (nSPS) is 29.5. The molecule has 5 rings (SSSR count). The molecule has 9 N–H and O–H groups in total. The molecule has 2 unspecified atom stereocenters. The van der Waals surface area contributed by atoms with E-state index in [1.54, 1.807) is 73.3 Å². The first kappa shape index (κ1) is 66.0. The van der Waals surface area contributed by atoms with Gasteiger partial charge in [0.15, 0.2) is 12.2 Å². The predicted octanol–water partition coefficient (Wildman–Crippen LogP) is 4.12. The fourth-order valence-electron chi connectivity index (χ4n) is 10.1. The number of hydrogen-bond donors (Lipinski definition) is 9. The Balaban J connectivity index is 1.52. The first-order valence-electron chi connectivity index (χ1n) is 27.9. The summed E-state index contributed by atoms with van der Waals surface area (Å²) in [4.78, 5) is 70.9. The zero-order chi connectivity index (χ0) is 60.3. The lowest BCUT2D eigenvalue weighted by Gasteiger charge is -2.52. The quantitative estimate of drug-likeness (QED) is 0.0689. The molecule has 0 aromatic rings. The van der Waals surface area contributed by atoms with Crippen molar-refractivity contribution in [3.05, 3.63) is 24.3 Å². The third-order valence-corrected chi connectivity index (χ3v) is 14.1. The van der Waals surface area contributed by atoms with Crippen LogP contribution in [0, 0.1) is 22.7 Å². The van der Waals surface area contributed by atoms with Crippen LogP contribution in [0.1, 0.15) is 136 Å². The summed E-state index contributed by atoms with van der Waals surface area (Å²) in [5.74, 6) is -1.84. The van der Waals surface area contributed by atoms with Gasteiger partial charge in [-0.3, -0.25) is 4.79 Å². The standard InChI is InChI=1S/C56H97N7O17/c1-31(77-51(5,6)7)63-25-32(26-63)38(64)44(67)59-36-23-35(61-48(70)79-53(11,12)13)37(39(65)42(36)76-45-40(66)43(55(17,72)30-73-45)62(18)49(71)80-54(14,15)16)41-34(60-47(69)74-29-50(2,3)4)20-19-33(75-41)24-57-27-56(21-22-56)28-58-46(68)78-52(8,9)10/h19,32,34-43,45,57,64-66,72H,1,20-30H2,2-18H3,(H,58,68)(H,59,67)(H,60,69)(H,61,70)/t34-,35+,36-,37?,38?,39+,40-,41+,42+,43-,45-,55+/m1/s1. The number of nitrogens with one attached hydrogen (secondary N) is 5. The lowest BCUT2D eigenvalue weighted by Crippen LogP contribution is -2.71. The van der Waals surface area contributed by atoms with Gasteiger partial charge in [0, 0.05) is 56.5 Å². The number of carbonyl (C=O) groups excluding carboxylic acids is 5. The van der Waals surface area contributed by atoms with Crippen molar-refractivity contribution in [2.24, 2.45) is 22.7 Å². The molecule has 80 heavy (non-hydrogen) atoms. The van der Waals surface area contributed by atoms with Crippen LogP contribution in [0.3, 0.4) is 0 Å². The second kappa shape index (κ2) is 25.3. The number of amides is 5. The third kappa shape index (κ3) is 19.4. The number of rotatable bonds is 18. The van der Waals surface area contributed by atoms with Gasteiger partial charge in [0.25, 0.3) is 0 Å². The molecule has 3 aliphatic heterocycles. The molecule has 0 bridgehead atoms. The molecular weight excluding hydrogens is 1040 g/mol. The Morgan fingerprint density at radius 3 is 1.93 bits per heavy atom. The van der Waals surface area contributed by atoms with Crippen molar-refractivity contribution in [1.29, 1.82) is 0 Å². The number of nitrogens with zero attached hydrogens (tertiary/aromatic N) is 2. The Morgan fingerprint density at radius 1 is 0.787 bits per heavy atom. The molecule has 24 nitrogen and oxygen atoms in total. The molecule has 458 valence electrons. The third-order valence-electron chi connectivity index (χ3n) is 14.1. The van der Waals surface area contributed by atoms with Crippen molar-refractivity contribution in [3.63, 3.8) is 0 Å². The maximum atomic E-state index is 14.3. The van der Waals surface area contributed by atoms with E-state index in [4.69, 9.17) is 37.9 Å². The van der Waals surface area contributed by atoms with Gasteiger partial charge in [-0.1, -0.05) is 20.8 Å². The van der Waals surface area contributed by atoms with Crippen molar-refractivity contribution in [2.45, 2.75) is 225 Å². The highest BCUT2D eigenvalue weighted by atomic mass is 16.7. The molecule has 12 atom stereocenters. The zero-order valence-electron chi connectivity index (χ0n) is 50.5. The Labute approximate surface area is 473 Å². The number of ether oxygens (including phenoxy) is 8. The number of aliphatic hydroxyl groups excluding tert-OH is 3. The molecule has 4 fully saturated rings. The van der Waals surface area contributed by atoms with Gasteiger partial charge in [-0.25, -0.2) is 19.2 Å². The fourth-order valence-corrected chi connectivity index (χ4v) is 10.1. The minimum atomic E-state index is -1.86. The lowest BCUT2D eigenvalue weighted by atomic mass is 9.72. The van der Waals surface area contributed by atoms with Crippen LogP contribution in [0.5, 0.6) is 0 Å². The van der Waals surface area contributed by atoms with Crippen molar-refractivity contribution in [1.82, 2.24) is 36.4 Å². The number of likely N-dealkylation sites (N-methyl/N-ethyl adjacent to an activating group) is 1. The Morgan fingerprint density at radius 2 is 1.36 bits per heavy atom. The highest BCUT2D eigenvalue weighted by molar-refractivity contribution is 5.81. The average molecular weight is 1140 g/mol. The molecule has 5 aliphatic rings. The first-order valence-corrected chi connectivity index (χ1v) is 27.9. The van der Waals surface area contributed by atoms with E-state index < -0.39 is 143 Å². The monoisotopic (exact) mass is 1140 g/mol. The minimum Gasteiger partial charge on any atom is -0.491 e. The number of likely N-dealkylation sites (tertiary alicyclic amines) is 1. The molecule has 0 spiro atoms. The number of alkyl carbamates (subject to hydrolysis) is 3. The van der Waals surface area contributed by atoms with Gasteiger partial charge in [-0.2, -0.15) is 0 Å². The van der Waals surface area contributed by atoms with Gasteiger partial charge < -0.3 is 94.7 Å². The summed E-state index contributed by atoms with van der Waals surface area (Å²) in [5, 5.41) is 63.6. The van der Waals surface area contributed by atoms with E-state index in [9.17, 15) is 44.4 Å². The second-order valence-corrected chi connectivity index (χ2v) is 27.9. The SMILES string of the molecule is C=C(OC(C)(C)C)N1CC(C(O)C(=O)N[C@@H]2C[C@H](NC(=O)OC(C)(C)C)C([C@H]3OC(CNCC4(CNC(=O)OC(C)(C)C)CC4)=CC[C@H]3NC(=O)OCC(C)(C)C)[C@H](O)[C@H]2O[C@H]2OC[C@](C)(O)[C@H](N(C)C(=O)OC(C)(C)C)[C@H]2O)C1. The van der Waals surface area contributed by atoms with E-state index in [2.05, 4.69) is 33.2 Å². The topological polar surface area (TPSA) is 307 Å². The minimum absolute atomic E-state index is 0.0592. The van der Waals surface area contributed by atoms with E-state index in [1.807, 2.05) is 41.5 Å². The predicted molar refractivity (Wildman–Crippen MR) is 293 cm³/mol. The van der Waals surface area contributed by atoms with Crippen molar-refractivity contribution >= 4 is 30.3 Å². The summed E-state index contributed by atoms with van der Waals surface area (Å²) in [5.41, 5.74) is -5.63. The number of carbonyl (C=O) groups is 5. The van der Waals surface area contributed by atoms with Crippen LogP contribution in [0.25, 0.3) is 0 Å². The Bertz CT molecular complexity index is 2200. The smallest absolute Gasteiger partial charge is 0.410 e. The number of hydrogen-bond acceptors (Lipinski definition) is 19. The molecule has 2 aliphatic carbocycles. The largest absolute Gasteiger partial charge is 0.491 e. The van der Waals surface area contributed by atoms with Crippen molar-refractivity contribution in [3.8, 4) is 0 Å². The maximum absolute atomic E-state index is 14.3. The van der Waals surface area contributed by atoms with E-state index in [0.29, 0.717) is 24.7 Å². The highest BCUT2D eigenvalue weighted by Gasteiger charge is 2.57. The van der Waals surface area contributed by atoms with E-state index in [1.165, 1.54) is 14.0 Å². The number of aliphatic hydroxyl groups is 4. The molecule has 2 saturated carbocycles. The molecule has 24 heteroatoms. The molecule has 0 aromatic carbocycles. The molecule has 3 heterocycles. The summed E-state index contributed by atoms with van der Waals surface area (Å²) in [6.07, 6.45) is -9.20. The zero-order valence-corrected chi connectivity index (χ0v) is 50.5. The van der Waals surface area contributed by atoms with E-state index >= 15 is 0 Å². The van der Waals surface area contributed by atoms with Crippen LogP contribution in [-0.4, -0.2) is 202 Å². The van der Waals surface area contributed by atoms with Crippen molar-refractivity contribution < 1.29 is 82.3 Å². The summed E-state index contributed by atoms with van der Waals surface area (Å²) >= 11 is 0. The summed E-state index contributed by atoms with van der Waals surface area (Å²) in [7, 11) is 1.35. The van der Waals surface area contributed by atoms with E-state index in [-0.39, 0.29) is 44.5 Å². The van der Waals surface area contributed by atoms with Gasteiger partial charge in [0.1, 0.15) is 58.2 Å². The summed E-state index contributed by atoms with van der Waals surface area (Å²) < 4.78 is 47.8. The van der Waals surface area contributed by atoms with Crippen LogP contribution < -0.4 is 26.6 Å².